The van der Waals surface area contributed by atoms with Crippen molar-refractivity contribution in [2.75, 3.05) is 45.9 Å². The summed E-state index contributed by atoms with van der Waals surface area (Å²) in [7, 11) is 0. The molecule has 1 atom stereocenters. The van der Waals surface area contributed by atoms with Gasteiger partial charge in [0.15, 0.2) is 0 Å². The van der Waals surface area contributed by atoms with Gasteiger partial charge in [-0.3, -0.25) is 9.80 Å². The van der Waals surface area contributed by atoms with Crippen LogP contribution in [0.3, 0.4) is 0 Å². The second-order valence-corrected chi connectivity index (χ2v) is 6.12. The minimum absolute atomic E-state index is 0.372. The van der Waals surface area contributed by atoms with Gasteiger partial charge >= 0.3 is 0 Å². The van der Waals surface area contributed by atoms with Crippen molar-refractivity contribution in [3.63, 3.8) is 0 Å². The highest BCUT2D eigenvalue weighted by atomic mass is 35.5. The van der Waals surface area contributed by atoms with Crippen LogP contribution < -0.4 is 0 Å². The molecule has 0 aromatic heterocycles. The van der Waals surface area contributed by atoms with Crippen molar-refractivity contribution in [3.8, 4) is 0 Å². The Balaban J connectivity index is 1.67. The number of nitrogens with zero attached hydrogens (tertiary/aromatic N) is 2. The third-order valence-electron chi connectivity index (χ3n) is 3.80. The SMILES string of the molecule is C=CCOCC(O)CN1CCN(Cc2ccc(Cl)cc2)CC1. The highest BCUT2D eigenvalue weighted by Gasteiger charge is 2.19. The number of β-amino-alcohol motifs (C(OH)–C–C–N with tert-alkyl or cyclic N) is 1. The molecule has 0 amide bonds. The number of rotatable bonds is 8. The largest absolute Gasteiger partial charge is 0.389 e. The quantitative estimate of drug-likeness (QED) is 0.586. The molecule has 1 saturated heterocycles. The highest BCUT2D eigenvalue weighted by Crippen LogP contribution is 2.13. The van der Waals surface area contributed by atoms with Gasteiger partial charge in [-0.1, -0.05) is 29.8 Å². The molecule has 0 saturated carbocycles. The molecule has 122 valence electrons. The average Bonchev–Trinajstić information content (AvgIpc) is 2.52. The molecule has 1 unspecified atom stereocenters. The van der Waals surface area contributed by atoms with Crippen molar-refractivity contribution in [1.82, 2.24) is 9.80 Å². The Kier molecular flexibility index (Phi) is 7.36. The summed E-state index contributed by atoms with van der Waals surface area (Å²) in [6.07, 6.45) is 1.27. The first kappa shape index (κ1) is 17.4. The molecule has 22 heavy (non-hydrogen) atoms. The molecule has 0 aliphatic carbocycles. The maximum atomic E-state index is 9.93. The molecule has 0 spiro atoms. The van der Waals surface area contributed by atoms with Crippen LogP contribution in [-0.4, -0.2) is 66.9 Å². The number of aliphatic hydroxyl groups is 1. The first-order chi connectivity index (χ1) is 10.7. The van der Waals surface area contributed by atoms with E-state index in [2.05, 4.69) is 28.5 Å². The number of hydrogen-bond acceptors (Lipinski definition) is 4. The van der Waals surface area contributed by atoms with Gasteiger partial charge in [-0.15, -0.1) is 6.58 Å². The van der Waals surface area contributed by atoms with E-state index in [9.17, 15) is 5.11 Å². The molecular formula is C17H25ClN2O2. The predicted octanol–water partition coefficient (Wildman–Crippen LogP) is 2.02. The standard InChI is InChI=1S/C17H25ClN2O2/c1-2-11-22-14-17(21)13-20-9-7-19(8-10-20)12-15-3-5-16(18)6-4-15/h2-6,17,21H,1,7-14H2. The Hall–Kier alpha value is -0.910. The Bertz CT molecular complexity index is 444. The van der Waals surface area contributed by atoms with Crippen molar-refractivity contribution in [2.45, 2.75) is 12.6 Å². The molecule has 0 radical (unpaired) electrons. The zero-order valence-electron chi connectivity index (χ0n) is 13.0. The number of piperazine rings is 1. The Morgan fingerprint density at radius 1 is 1.18 bits per heavy atom. The van der Waals surface area contributed by atoms with Crippen LogP contribution in [0, 0.1) is 0 Å². The van der Waals surface area contributed by atoms with Crippen molar-refractivity contribution >= 4 is 11.6 Å². The molecule has 0 bridgehead atoms. The van der Waals surface area contributed by atoms with E-state index in [1.54, 1.807) is 6.08 Å². The Morgan fingerprint density at radius 3 is 2.45 bits per heavy atom. The number of ether oxygens (including phenoxy) is 1. The van der Waals surface area contributed by atoms with E-state index in [1.807, 2.05) is 12.1 Å². The third kappa shape index (κ3) is 6.07. The van der Waals surface area contributed by atoms with Gasteiger partial charge in [-0.05, 0) is 17.7 Å². The maximum absolute atomic E-state index is 9.93. The summed E-state index contributed by atoms with van der Waals surface area (Å²) in [6.45, 7) is 10.1. The number of hydrogen-bond donors (Lipinski definition) is 1. The Labute approximate surface area is 137 Å². The van der Waals surface area contributed by atoms with E-state index in [-0.39, 0.29) is 0 Å². The van der Waals surface area contributed by atoms with E-state index in [0.717, 1.165) is 37.7 Å². The zero-order chi connectivity index (χ0) is 15.8. The monoisotopic (exact) mass is 324 g/mol. The van der Waals surface area contributed by atoms with Crippen LogP contribution in [0.15, 0.2) is 36.9 Å². The summed E-state index contributed by atoms with van der Waals surface area (Å²) in [4.78, 5) is 4.72. The fraction of sp³-hybridized carbons (Fsp3) is 0.529. The van der Waals surface area contributed by atoms with Crippen molar-refractivity contribution in [1.29, 1.82) is 0 Å². The van der Waals surface area contributed by atoms with Crippen LogP contribution in [0.2, 0.25) is 5.02 Å². The Morgan fingerprint density at radius 2 is 1.82 bits per heavy atom. The summed E-state index contributed by atoms with van der Waals surface area (Å²) in [5, 5.41) is 10.7. The summed E-state index contributed by atoms with van der Waals surface area (Å²) in [5.41, 5.74) is 1.29. The van der Waals surface area contributed by atoms with Crippen LogP contribution in [0.1, 0.15) is 5.56 Å². The fourth-order valence-electron chi connectivity index (χ4n) is 2.62. The normalized spacial score (nSPS) is 18.3. The maximum Gasteiger partial charge on any atom is 0.0900 e. The van der Waals surface area contributed by atoms with Crippen molar-refractivity contribution in [2.24, 2.45) is 0 Å². The van der Waals surface area contributed by atoms with Crippen LogP contribution in [0.5, 0.6) is 0 Å². The summed E-state index contributed by atoms with van der Waals surface area (Å²) in [5.74, 6) is 0. The lowest BCUT2D eigenvalue weighted by Gasteiger charge is -2.35. The van der Waals surface area contributed by atoms with Gasteiger partial charge in [-0.2, -0.15) is 0 Å². The predicted molar refractivity (Wildman–Crippen MR) is 90.2 cm³/mol. The van der Waals surface area contributed by atoms with Gasteiger partial charge in [-0.25, -0.2) is 0 Å². The van der Waals surface area contributed by atoms with Crippen LogP contribution in [-0.2, 0) is 11.3 Å². The first-order valence-corrected chi connectivity index (χ1v) is 8.11. The van der Waals surface area contributed by atoms with E-state index < -0.39 is 6.10 Å². The van der Waals surface area contributed by atoms with Gasteiger partial charge in [0, 0.05) is 44.3 Å². The molecule has 2 rings (SSSR count). The van der Waals surface area contributed by atoms with Gasteiger partial charge in [0.1, 0.15) is 0 Å². The van der Waals surface area contributed by atoms with Crippen LogP contribution >= 0.6 is 11.6 Å². The third-order valence-corrected chi connectivity index (χ3v) is 4.05. The van der Waals surface area contributed by atoms with E-state index in [4.69, 9.17) is 16.3 Å². The minimum Gasteiger partial charge on any atom is -0.389 e. The zero-order valence-corrected chi connectivity index (χ0v) is 13.7. The number of benzene rings is 1. The second kappa shape index (κ2) is 9.28. The lowest BCUT2D eigenvalue weighted by atomic mass is 10.2. The summed E-state index contributed by atoms with van der Waals surface area (Å²) in [6, 6.07) is 8.03. The minimum atomic E-state index is -0.428. The molecule has 1 aromatic rings. The van der Waals surface area contributed by atoms with Crippen LogP contribution in [0.4, 0.5) is 0 Å². The molecule has 4 nitrogen and oxygen atoms in total. The summed E-state index contributed by atoms with van der Waals surface area (Å²) >= 11 is 5.91. The van der Waals surface area contributed by atoms with Gasteiger partial charge in [0.25, 0.3) is 0 Å². The molecule has 1 aliphatic rings. The molecule has 1 aromatic carbocycles. The highest BCUT2D eigenvalue weighted by molar-refractivity contribution is 6.30. The van der Waals surface area contributed by atoms with E-state index in [1.165, 1.54) is 5.56 Å². The molecule has 5 heteroatoms. The molecule has 1 aliphatic heterocycles. The second-order valence-electron chi connectivity index (χ2n) is 5.68. The fourth-order valence-corrected chi connectivity index (χ4v) is 2.74. The first-order valence-electron chi connectivity index (χ1n) is 7.73. The van der Waals surface area contributed by atoms with Gasteiger partial charge < -0.3 is 9.84 Å². The van der Waals surface area contributed by atoms with Crippen molar-refractivity contribution in [3.05, 3.63) is 47.5 Å². The lowest BCUT2D eigenvalue weighted by Crippen LogP contribution is -2.48. The molecule has 1 N–H and O–H groups in total. The van der Waals surface area contributed by atoms with Crippen molar-refractivity contribution < 1.29 is 9.84 Å². The van der Waals surface area contributed by atoms with Gasteiger partial charge in [0.05, 0.1) is 19.3 Å². The topological polar surface area (TPSA) is 35.9 Å². The molecular weight excluding hydrogens is 300 g/mol. The lowest BCUT2D eigenvalue weighted by molar-refractivity contribution is 0.0142. The average molecular weight is 325 g/mol. The van der Waals surface area contributed by atoms with E-state index in [0.29, 0.717) is 19.8 Å². The molecule has 1 fully saturated rings. The summed E-state index contributed by atoms with van der Waals surface area (Å²) < 4.78 is 5.28. The van der Waals surface area contributed by atoms with E-state index >= 15 is 0 Å². The number of aliphatic hydroxyl groups excluding tert-OH is 1. The number of halogens is 1. The van der Waals surface area contributed by atoms with Gasteiger partial charge in [0.2, 0.25) is 0 Å². The smallest absolute Gasteiger partial charge is 0.0900 e. The molecule has 1 heterocycles. The van der Waals surface area contributed by atoms with Crippen LogP contribution in [0.25, 0.3) is 0 Å².